The molecule has 5 nitrogen and oxygen atoms in total. The molecule has 0 amide bonds. The largest absolute Gasteiger partial charge is 0.492 e. The standard InChI is InChI=1S/C13H15BrN4O/c14-11-1-3-12(4-2-11)19-8-7-17-5-6-18-10-15-16-13(18)9-17/h1-4,10H,5-9H2. The van der Waals surface area contributed by atoms with Crippen molar-refractivity contribution in [3.8, 4) is 5.75 Å². The van der Waals surface area contributed by atoms with Crippen LogP contribution in [0, 0.1) is 0 Å². The van der Waals surface area contributed by atoms with Crippen molar-refractivity contribution in [1.82, 2.24) is 19.7 Å². The molecule has 0 unspecified atom stereocenters. The summed E-state index contributed by atoms with van der Waals surface area (Å²) < 4.78 is 8.90. The first kappa shape index (κ1) is 12.6. The van der Waals surface area contributed by atoms with E-state index in [2.05, 4.69) is 35.6 Å². The molecule has 1 aromatic heterocycles. The van der Waals surface area contributed by atoms with Gasteiger partial charge in [0.25, 0.3) is 0 Å². The predicted octanol–water partition coefficient (Wildman–Crippen LogP) is 1.94. The first-order valence-electron chi connectivity index (χ1n) is 6.29. The maximum atomic E-state index is 5.73. The Bertz CT molecular complexity index is 540. The van der Waals surface area contributed by atoms with Crippen LogP contribution in [0.5, 0.6) is 5.75 Å². The zero-order valence-electron chi connectivity index (χ0n) is 10.5. The Morgan fingerprint density at radius 3 is 2.89 bits per heavy atom. The number of aromatic nitrogens is 3. The third kappa shape index (κ3) is 3.13. The highest BCUT2D eigenvalue weighted by molar-refractivity contribution is 9.10. The lowest BCUT2D eigenvalue weighted by atomic mass is 10.3. The lowest BCUT2D eigenvalue weighted by Gasteiger charge is -2.26. The molecule has 1 aromatic carbocycles. The third-order valence-electron chi connectivity index (χ3n) is 3.21. The molecule has 0 aliphatic carbocycles. The average Bonchev–Trinajstić information content (AvgIpc) is 2.88. The quantitative estimate of drug-likeness (QED) is 0.862. The Morgan fingerprint density at radius 1 is 1.21 bits per heavy atom. The van der Waals surface area contributed by atoms with Gasteiger partial charge in [-0.1, -0.05) is 15.9 Å². The Labute approximate surface area is 120 Å². The van der Waals surface area contributed by atoms with E-state index in [1.807, 2.05) is 24.3 Å². The SMILES string of the molecule is Brc1ccc(OCCN2CCn3cnnc3C2)cc1. The van der Waals surface area contributed by atoms with Gasteiger partial charge in [0, 0.05) is 24.1 Å². The minimum absolute atomic E-state index is 0.690. The molecule has 0 spiro atoms. The van der Waals surface area contributed by atoms with Crippen LogP contribution in [0.2, 0.25) is 0 Å². The number of nitrogens with zero attached hydrogens (tertiary/aromatic N) is 4. The molecule has 0 bridgehead atoms. The third-order valence-corrected chi connectivity index (χ3v) is 3.74. The molecule has 6 heteroatoms. The van der Waals surface area contributed by atoms with Crippen molar-refractivity contribution in [2.45, 2.75) is 13.1 Å². The van der Waals surface area contributed by atoms with E-state index in [1.165, 1.54) is 0 Å². The Balaban J connectivity index is 1.47. The smallest absolute Gasteiger partial charge is 0.147 e. The van der Waals surface area contributed by atoms with Crippen LogP contribution in [0.1, 0.15) is 5.82 Å². The van der Waals surface area contributed by atoms with Crippen LogP contribution in [-0.2, 0) is 13.1 Å². The summed E-state index contributed by atoms with van der Waals surface area (Å²) in [4.78, 5) is 2.34. The molecule has 2 heterocycles. The molecule has 0 atom stereocenters. The fourth-order valence-electron chi connectivity index (χ4n) is 2.13. The van der Waals surface area contributed by atoms with Gasteiger partial charge in [-0.2, -0.15) is 0 Å². The van der Waals surface area contributed by atoms with Crippen LogP contribution in [0.25, 0.3) is 0 Å². The normalized spacial score (nSPS) is 15.2. The summed E-state index contributed by atoms with van der Waals surface area (Å²) in [5, 5.41) is 8.03. The molecule has 3 rings (SSSR count). The van der Waals surface area contributed by atoms with Crippen LogP contribution in [-0.4, -0.2) is 39.4 Å². The number of fused-ring (bicyclic) bond motifs is 1. The van der Waals surface area contributed by atoms with Crippen molar-refractivity contribution in [3.05, 3.63) is 40.9 Å². The summed E-state index contributed by atoms with van der Waals surface area (Å²) in [6.07, 6.45) is 1.80. The topological polar surface area (TPSA) is 43.2 Å². The van der Waals surface area contributed by atoms with Crippen LogP contribution in [0.3, 0.4) is 0 Å². The van der Waals surface area contributed by atoms with Crippen LogP contribution in [0.4, 0.5) is 0 Å². The molecule has 0 radical (unpaired) electrons. The van der Waals surface area contributed by atoms with Gasteiger partial charge in [-0.15, -0.1) is 10.2 Å². The zero-order valence-corrected chi connectivity index (χ0v) is 12.1. The molecule has 0 saturated carbocycles. The molecular formula is C13H15BrN4O. The summed E-state index contributed by atoms with van der Waals surface area (Å²) in [6.45, 7) is 4.43. The molecule has 0 saturated heterocycles. The lowest BCUT2D eigenvalue weighted by molar-refractivity contribution is 0.174. The van der Waals surface area contributed by atoms with Gasteiger partial charge in [0.15, 0.2) is 0 Å². The minimum Gasteiger partial charge on any atom is -0.492 e. The van der Waals surface area contributed by atoms with Gasteiger partial charge in [0.05, 0.1) is 6.54 Å². The van der Waals surface area contributed by atoms with Gasteiger partial charge in [0.1, 0.15) is 24.5 Å². The van der Waals surface area contributed by atoms with Gasteiger partial charge in [0.2, 0.25) is 0 Å². The Hall–Kier alpha value is -1.40. The first-order valence-corrected chi connectivity index (χ1v) is 7.08. The predicted molar refractivity (Wildman–Crippen MR) is 74.9 cm³/mol. The van der Waals surface area contributed by atoms with Crippen LogP contribution >= 0.6 is 15.9 Å². The summed E-state index contributed by atoms with van der Waals surface area (Å²) in [6, 6.07) is 7.91. The van der Waals surface area contributed by atoms with E-state index in [4.69, 9.17) is 4.74 Å². The lowest BCUT2D eigenvalue weighted by Crippen LogP contribution is -2.36. The van der Waals surface area contributed by atoms with E-state index in [9.17, 15) is 0 Å². The second kappa shape index (κ2) is 5.71. The number of benzene rings is 1. The molecule has 2 aromatic rings. The van der Waals surface area contributed by atoms with Crippen molar-refractivity contribution in [2.24, 2.45) is 0 Å². The van der Waals surface area contributed by atoms with Crippen molar-refractivity contribution in [2.75, 3.05) is 19.7 Å². The van der Waals surface area contributed by atoms with Gasteiger partial charge in [-0.25, -0.2) is 0 Å². The van der Waals surface area contributed by atoms with E-state index >= 15 is 0 Å². The summed E-state index contributed by atoms with van der Waals surface area (Å²) in [5.41, 5.74) is 0. The van der Waals surface area contributed by atoms with Crippen molar-refractivity contribution in [3.63, 3.8) is 0 Å². The summed E-state index contributed by atoms with van der Waals surface area (Å²) in [7, 11) is 0. The fraction of sp³-hybridized carbons (Fsp3) is 0.385. The van der Waals surface area contributed by atoms with Gasteiger partial charge in [-0.05, 0) is 24.3 Å². The molecule has 0 fully saturated rings. The highest BCUT2D eigenvalue weighted by Crippen LogP contribution is 2.16. The maximum Gasteiger partial charge on any atom is 0.147 e. The number of hydrogen-bond donors (Lipinski definition) is 0. The van der Waals surface area contributed by atoms with E-state index in [-0.39, 0.29) is 0 Å². The molecule has 100 valence electrons. The number of rotatable bonds is 4. The van der Waals surface area contributed by atoms with Gasteiger partial charge in [-0.3, -0.25) is 4.90 Å². The van der Waals surface area contributed by atoms with E-state index < -0.39 is 0 Å². The molecule has 1 aliphatic rings. The van der Waals surface area contributed by atoms with Gasteiger partial charge >= 0.3 is 0 Å². The van der Waals surface area contributed by atoms with Crippen LogP contribution in [0.15, 0.2) is 35.1 Å². The Kier molecular flexibility index (Phi) is 3.79. The highest BCUT2D eigenvalue weighted by Gasteiger charge is 2.16. The molecule has 0 N–H and O–H groups in total. The Morgan fingerprint density at radius 2 is 2.05 bits per heavy atom. The monoisotopic (exact) mass is 322 g/mol. The zero-order chi connectivity index (χ0) is 13.1. The minimum atomic E-state index is 0.690. The van der Waals surface area contributed by atoms with Crippen molar-refractivity contribution in [1.29, 1.82) is 0 Å². The summed E-state index contributed by atoms with van der Waals surface area (Å²) in [5.74, 6) is 1.94. The fourth-order valence-corrected chi connectivity index (χ4v) is 2.39. The number of ether oxygens (including phenoxy) is 1. The van der Waals surface area contributed by atoms with E-state index in [0.717, 1.165) is 42.2 Å². The number of halogens is 1. The highest BCUT2D eigenvalue weighted by atomic mass is 79.9. The van der Waals surface area contributed by atoms with Crippen molar-refractivity contribution < 1.29 is 4.74 Å². The van der Waals surface area contributed by atoms with E-state index in [1.54, 1.807) is 6.33 Å². The van der Waals surface area contributed by atoms with Gasteiger partial charge < -0.3 is 9.30 Å². The maximum absolute atomic E-state index is 5.73. The van der Waals surface area contributed by atoms with Crippen LogP contribution < -0.4 is 4.74 Å². The average molecular weight is 323 g/mol. The van der Waals surface area contributed by atoms with E-state index in [0.29, 0.717) is 6.61 Å². The molecular weight excluding hydrogens is 308 g/mol. The van der Waals surface area contributed by atoms with Crippen molar-refractivity contribution >= 4 is 15.9 Å². The number of hydrogen-bond acceptors (Lipinski definition) is 4. The second-order valence-corrected chi connectivity index (χ2v) is 5.43. The first-order chi connectivity index (χ1) is 9.31. The summed E-state index contributed by atoms with van der Waals surface area (Å²) >= 11 is 3.41. The second-order valence-electron chi connectivity index (χ2n) is 4.52. The molecule has 19 heavy (non-hydrogen) atoms. The molecule has 1 aliphatic heterocycles.